The van der Waals surface area contributed by atoms with E-state index in [2.05, 4.69) is 4.99 Å². The smallest absolute Gasteiger partial charge is 0.311 e. The van der Waals surface area contributed by atoms with Crippen LogP contribution in [0.2, 0.25) is 0 Å². The molecule has 0 heterocycles. The quantitative estimate of drug-likeness (QED) is 0.384. The normalized spacial score (nSPS) is 11.7. The molecule has 0 unspecified atom stereocenters. The Morgan fingerprint density at radius 3 is 2.32 bits per heavy atom. The van der Waals surface area contributed by atoms with Crippen molar-refractivity contribution in [2.45, 2.75) is 4.90 Å². The van der Waals surface area contributed by atoms with Crippen molar-refractivity contribution in [1.29, 1.82) is 0 Å². The van der Waals surface area contributed by atoms with E-state index < -0.39 is 26.5 Å². The molecule has 2 aromatic carbocycles. The number of para-hydroxylation sites is 1. The molecule has 2 aromatic rings. The second-order valence-electron chi connectivity index (χ2n) is 4.20. The van der Waals surface area contributed by atoms with E-state index in [-0.39, 0.29) is 10.5 Å². The van der Waals surface area contributed by atoms with Gasteiger partial charge in [-0.15, -0.1) is 0 Å². The maximum absolute atomic E-state index is 10.9. The van der Waals surface area contributed by atoms with E-state index in [0.717, 1.165) is 18.2 Å². The number of nitro groups is 1. The summed E-state index contributed by atoms with van der Waals surface area (Å²) in [6.07, 6.45) is 1.21. The topological polar surface area (TPSA) is 130 Å². The van der Waals surface area contributed by atoms with Gasteiger partial charge in [-0.25, -0.2) is 0 Å². The van der Waals surface area contributed by atoms with Crippen molar-refractivity contribution in [2.24, 2.45) is 4.99 Å². The molecule has 0 aliphatic carbocycles. The van der Waals surface area contributed by atoms with Gasteiger partial charge in [-0.1, -0.05) is 6.07 Å². The van der Waals surface area contributed by atoms with Crippen LogP contribution < -0.4 is 0 Å². The Labute approximate surface area is 125 Å². The van der Waals surface area contributed by atoms with Gasteiger partial charge in [0.1, 0.15) is 0 Å². The Morgan fingerprint density at radius 1 is 1.14 bits per heavy atom. The standard InChI is InChI=1S/C13H10N2O6S/c16-13-9(2-1-3-12(13)15(17)18)8-14-10-4-6-11(7-5-10)22(19,20)21/h1-8,16H,(H,19,20,21). The van der Waals surface area contributed by atoms with Crippen LogP contribution in [-0.2, 0) is 10.1 Å². The Bertz CT molecular complexity index is 843. The molecule has 0 saturated heterocycles. The van der Waals surface area contributed by atoms with E-state index in [4.69, 9.17) is 4.55 Å². The van der Waals surface area contributed by atoms with Crippen LogP contribution in [0.15, 0.2) is 52.4 Å². The molecular weight excluding hydrogens is 312 g/mol. The maximum atomic E-state index is 10.9. The fourth-order valence-corrected chi connectivity index (χ4v) is 2.13. The van der Waals surface area contributed by atoms with Gasteiger partial charge in [0.25, 0.3) is 10.1 Å². The second-order valence-corrected chi connectivity index (χ2v) is 5.62. The van der Waals surface area contributed by atoms with Gasteiger partial charge in [0.15, 0.2) is 0 Å². The lowest BCUT2D eigenvalue weighted by molar-refractivity contribution is -0.385. The highest BCUT2D eigenvalue weighted by Crippen LogP contribution is 2.28. The highest BCUT2D eigenvalue weighted by molar-refractivity contribution is 7.85. The third-order valence-electron chi connectivity index (χ3n) is 2.73. The van der Waals surface area contributed by atoms with Crippen molar-refractivity contribution in [1.82, 2.24) is 0 Å². The summed E-state index contributed by atoms with van der Waals surface area (Å²) in [7, 11) is -4.28. The molecule has 0 bridgehead atoms. The molecule has 114 valence electrons. The zero-order chi connectivity index (χ0) is 16.3. The van der Waals surface area contributed by atoms with Crippen LogP contribution in [0.3, 0.4) is 0 Å². The minimum atomic E-state index is -4.28. The number of aliphatic imine (C=N–C) groups is 1. The summed E-state index contributed by atoms with van der Waals surface area (Å²) >= 11 is 0. The predicted octanol–water partition coefficient (Wildman–Crippen LogP) is 2.30. The number of rotatable bonds is 4. The van der Waals surface area contributed by atoms with Crippen molar-refractivity contribution >= 4 is 27.7 Å². The van der Waals surface area contributed by atoms with Gasteiger partial charge >= 0.3 is 5.69 Å². The zero-order valence-corrected chi connectivity index (χ0v) is 11.8. The summed E-state index contributed by atoms with van der Waals surface area (Å²) in [6.45, 7) is 0. The first-order valence-electron chi connectivity index (χ1n) is 5.87. The molecule has 2 rings (SSSR count). The highest BCUT2D eigenvalue weighted by Gasteiger charge is 2.15. The first-order valence-corrected chi connectivity index (χ1v) is 7.31. The first kappa shape index (κ1) is 15.6. The molecule has 8 nitrogen and oxygen atoms in total. The van der Waals surface area contributed by atoms with E-state index in [1.54, 1.807) is 0 Å². The maximum Gasteiger partial charge on any atom is 0.311 e. The van der Waals surface area contributed by atoms with Crippen LogP contribution in [0.25, 0.3) is 0 Å². The van der Waals surface area contributed by atoms with E-state index >= 15 is 0 Å². The van der Waals surface area contributed by atoms with E-state index in [1.807, 2.05) is 0 Å². The van der Waals surface area contributed by atoms with Crippen LogP contribution in [0.5, 0.6) is 5.75 Å². The Morgan fingerprint density at radius 2 is 1.77 bits per heavy atom. The average molecular weight is 322 g/mol. The third-order valence-corrected chi connectivity index (χ3v) is 3.60. The third kappa shape index (κ3) is 3.45. The van der Waals surface area contributed by atoms with Crippen molar-refractivity contribution < 1.29 is 23.0 Å². The SMILES string of the molecule is O=[N+]([O-])c1cccc(C=Nc2ccc(S(=O)(=O)O)cc2)c1O. The number of benzene rings is 2. The Kier molecular flexibility index (Phi) is 4.20. The number of hydrogen-bond donors (Lipinski definition) is 2. The lowest BCUT2D eigenvalue weighted by Gasteiger charge is -2.00. The van der Waals surface area contributed by atoms with Crippen molar-refractivity contribution in [3.63, 3.8) is 0 Å². The highest BCUT2D eigenvalue weighted by atomic mass is 32.2. The number of aromatic hydroxyl groups is 1. The number of hydrogen-bond acceptors (Lipinski definition) is 6. The molecule has 0 spiro atoms. The summed E-state index contributed by atoms with van der Waals surface area (Å²) in [4.78, 5) is 13.7. The van der Waals surface area contributed by atoms with Gasteiger partial charge in [-0.2, -0.15) is 8.42 Å². The van der Waals surface area contributed by atoms with Crippen molar-refractivity contribution in [3.05, 3.63) is 58.1 Å². The number of nitro benzene ring substituents is 1. The van der Waals surface area contributed by atoms with Gasteiger partial charge < -0.3 is 5.11 Å². The summed E-state index contributed by atoms with van der Waals surface area (Å²) in [5.74, 6) is -0.509. The molecule has 0 atom stereocenters. The van der Waals surface area contributed by atoms with Crippen LogP contribution in [0.1, 0.15) is 5.56 Å². The average Bonchev–Trinajstić information content (AvgIpc) is 2.45. The van der Waals surface area contributed by atoms with Crippen molar-refractivity contribution in [3.8, 4) is 5.75 Å². The van der Waals surface area contributed by atoms with Gasteiger partial charge in [0, 0.05) is 17.8 Å². The largest absolute Gasteiger partial charge is 0.502 e. The van der Waals surface area contributed by atoms with Crippen LogP contribution in [-0.4, -0.2) is 29.2 Å². The molecular formula is C13H10N2O6S. The predicted molar refractivity (Wildman–Crippen MR) is 78.3 cm³/mol. The van der Waals surface area contributed by atoms with Crippen LogP contribution >= 0.6 is 0 Å². The summed E-state index contributed by atoms with van der Waals surface area (Å²) in [5, 5.41) is 20.4. The van der Waals surface area contributed by atoms with Gasteiger partial charge in [0.2, 0.25) is 5.75 Å². The number of phenols is 1. The van der Waals surface area contributed by atoms with Gasteiger partial charge in [0.05, 0.1) is 15.5 Å². The second kappa shape index (κ2) is 5.92. The zero-order valence-electron chi connectivity index (χ0n) is 10.9. The fourth-order valence-electron chi connectivity index (χ4n) is 1.65. The lowest BCUT2D eigenvalue weighted by Crippen LogP contribution is -1.96. The number of phenolic OH excluding ortho intramolecular Hbond substituents is 1. The van der Waals surface area contributed by atoms with E-state index in [9.17, 15) is 23.6 Å². The van der Waals surface area contributed by atoms with E-state index in [0.29, 0.717) is 5.69 Å². The first-order chi connectivity index (χ1) is 10.3. The minimum Gasteiger partial charge on any atom is -0.502 e. The Hall–Kier alpha value is -2.78. The molecule has 0 aliphatic heterocycles. The minimum absolute atomic E-state index is 0.146. The molecule has 9 heteroatoms. The molecule has 0 amide bonds. The molecule has 0 aromatic heterocycles. The Balaban J connectivity index is 2.30. The van der Waals surface area contributed by atoms with E-state index in [1.165, 1.54) is 30.5 Å². The molecule has 2 N–H and O–H groups in total. The van der Waals surface area contributed by atoms with Gasteiger partial charge in [-0.3, -0.25) is 19.7 Å². The van der Waals surface area contributed by atoms with Crippen LogP contribution in [0, 0.1) is 10.1 Å². The molecule has 22 heavy (non-hydrogen) atoms. The summed E-state index contributed by atoms with van der Waals surface area (Å²) in [6, 6.07) is 9.01. The fraction of sp³-hybridized carbons (Fsp3) is 0. The van der Waals surface area contributed by atoms with Crippen LogP contribution in [0.4, 0.5) is 11.4 Å². The molecule has 0 saturated carbocycles. The molecule has 0 radical (unpaired) electrons. The monoisotopic (exact) mass is 322 g/mol. The molecule has 0 fully saturated rings. The molecule has 0 aliphatic rings. The van der Waals surface area contributed by atoms with Gasteiger partial charge in [-0.05, 0) is 30.3 Å². The number of nitrogens with zero attached hydrogens (tertiary/aromatic N) is 2. The lowest BCUT2D eigenvalue weighted by atomic mass is 10.2. The summed E-state index contributed by atoms with van der Waals surface area (Å²) < 4.78 is 30.6. The summed E-state index contributed by atoms with van der Waals surface area (Å²) in [5.41, 5.74) is 0.0528. The van der Waals surface area contributed by atoms with Crippen molar-refractivity contribution in [2.75, 3.05) is 0 Å².